The van der Waals surface area contributed by atoms with Gasteiger partial charge in [0, 0.05) is 4.90 Å². The van der Waals surface area contributed by atoms with Crippen molar-refractivity contribution >= 4 is 18.7 Å². The summed E-state index contributed by atoms with van der Waals surface area (Å²) in [6, 6.07) is 7.54. The molecule has 1 nitrogen and oxygen atoms in total. The average Bonchev–Trinajstić information content (AvgIpc) is 1.88. The third-order valence-corrected chi connectivity index (χ3v) is 1.42. The number of benzene rings is 1. The van der Waals surface area contributed by atoms with E-state index < -0.39 is 0 Å². The summed E-state index contributed by atoms with van der Waals surface area (Å²) in [6.07, 6.45) is 2.63. The highest BCUT2D eigenvalue weighted by molar-refractivity contribution is 7.80. The molecule has 1 rings (SSSR count). The molecule has 10 heavy (non-hydrogen) atoms. The van der Waals surface area contributed by atoms with Gasteiger partial charge in [0.1, 0.15) is 0 Å². The van der Waals surface area contributed by atoms with Gasteiger partial charge in [0.15, 0.2) is 0 Å². The molecule has 1 aromatic rings. The van der Waals surface area contributed by atoms with Crippen molar-refractivity contribution in [2.45, 2.75) is 4.90 Å². The van der Waals surface area contributed by atoms with Crippen LogP contribution < -0.4 is 0 Å². The molecule has 0 fully saturated rings. The van der Waals surface area contributed by atoms with Gasteiger partial charge in [-0.05, 0) is 23.8 Å². The lowest BCUT2D eigenvalue weighted by Gasteiger charge is -1.92. The van der Waals surface area contributed by atoms with Gasteiger partial charge in [-0.3, -0.25) is 0 Å². The number of hydrogen-bond donors (Lipinski definition) is 2. The number of rotatable bonds is 1. The van der Waals surface area contributed by atoms with Crippen LogP contribution in [0.4, 0.5) is 0 Å². The van der Waals surface area contributed by atoms with Crippen LogP contribution in [0.2, 0.25) is 0 Å². The maximum absolute atomic E-state index is 8.41. The fraction of sp³-hybridized carbons (Fsp3) is 0. The van der Waals surface area contributed by atoms with Crippen LogP contribution >= 0.6 is 12.6 Å². The molecular weight excluding hydrogens is 144 g/mol. The lowest BCUT2D eigenvalue weighted by atomic mass is 10.2. The van der Waals surface area contributed by atoms with Crippen molar-refractivity contribution in [1.29, 1.82) is 0 Å². The molecule has 2 heteroatoms. The fourth-order valence-corrected chi connectivity index (χ4v) is 0.950. The van der Waals surface area contributed by atoms with Crippen LogP contribution in [0.3, 0.4) is 0 Å². The molecule has 0 saturated carbocycles. The first-order valence-corrected chi connectivity index (χ1v) is 3.37. The van der Waals surface area contributed by atoms with Crippen LogP contribution in [0.5, 0.6) is 0 Å². The summed E-state index contributed by atoms with van der Waals surface area (Å²) in [4.78, 5) is 0.899. The van der Waals surface area contributed by atoms with Crippen LogP contribution in [0.1, 0.15) is 5.56 Å². The predicted molar refractivity (Wildman–Crippen MR) is 45.4 cm³/mol. The largest absolute Gasteiger partial charge is 0.516 e. The van der Waals surface area contributed by atoms with Gasteiger partial charge in [0.2, 0.25) is 0 Å². The minimum Gasteiger partial charge on any atom is -0.516 e. The van der Waals surface area contributed by atoms with E-state index in [9.17, 15) is 0 Å². The molecule has 0 aromatic heterocycles. The average molecular weight is 152 g/mol. The van der Waals surface area contributed by atoms with E-state index in [2.05, 4.69) is 12.6 Å². The Morgan fingerprint density at radius 2 is 2.20 bits per heavy atom. The van der Waals surface area contributed by atoms with Crippen LogP contribution in [-0.4, -0.2) is 5.11 Å². The van der Waals surface area contributed by atoms with Crippen molar-refractivity contribution in [2.75, 3.05) is 0 Å². The minimum absolute atomic E-state index is 0.899. The molecule has 1 N–H and O–H groups in total. The first kappa shape index (κ1) is 7.22. The molecule has 0 spiro atoms. The van der Waals surface area contributed by atoms with Crippen LogP contribution in [0.25, 0.3) is 6.08 Å². The van der Waals surface area contributed by atoms with Crippen molar-refractivity contribution < 1.29 is 5.11 Å². The van der Waals surface area contributed by atoms with E-state index in [1.165, 1.54) is 0 Å². The van der Waals surface area contributed by atoms with E-state index in [-0.39, 0.29) is 0 Å². The second kappa shape index (κ2) is 3.32. The van der Waals surface area contributed by atoms with Crippen LogP contribution in [0, 0.1) is 0 Å². The van der Waals surface area contributed by atoms with Gasteiger partial charge < -0.3 is 5.11 Å². The Labute approximate surface area is 65.4 Å². The molecular formula is C8H8OS. The standard InChI is InChI=1S/C8H8OS/c9-5-4-7-2-1-3-8(10)6-7/h1-6,9-10H/b5-4+. The molecule has 0 aliphatic heterocycles. The first-order chi connectivity index (χ1) is 4.83. The molecule has 0 atom stereocenters. The quantitative estimate of drug-likeness (QED) is 0.468. The maximum atomic E-state index is 8.41. The predicted octanol–water partition coefficient (Wildman–Crippen LogP) is 2.50. The normalized spacial score (nSPS) is 10.5. The zero-order valence-corrected chi connectivity index (χ0v) is 6.25. The summed E-state index contributed by atoms with van der Waals surface area (Å²) < 4.78 is 0. The highest BCUT2D eigenvalue weighted by Gasteiger charge is 1.85. The second-order valence-electron chi connectivity index (χ2n) is 1.91. The van der Waals surface area contributed by atoms with Crippen molar-refractivity contribution in [2.24, 2.45) is 0 Å². The summed E-state index contributed by atoms with van der Waals surface area (Å²) in [7, 11) is 0. The molecule has 52 valence electrons. The zero-order chi connectivity index (χ0) is 7.40. The number of hydrogen-bond acceptors (Lipinski definition) is 2. The summed E-state index contributed by atoms with van der Waals surface area (Å²) in [5, 5.41) is 8.41. The summed E-state index contributed by atoms with van der Waals surface area (Å²) in [5.41, 5.74) is 0.954. The zero-order valence-electron chi connectivity index (χ0n) is 5.36. The first-order valence-electron chi connectivity index (χ1n) is 2.93. The third-order valence-electron chi connectivity index (χ3n) is 1.14. The maximum Gasteiger partial charge on any atom is 0.0797 e. The van der Waals surface area contributed by atoms with E-state index in [0.29, 0.717) is 0 Å². The van der Waals surface area contributed by atoms with E-state index in [4.69, 9.17) is 5.11 Å². The Hall–Kier alpha value is -0.890. The van der Waals surface area contributed by atoms with Gasteiger partial charge >= 0.3 is 0 Å². The lowest BCUT2D eigenvalue weighted by Crippen LogP contribution is -1.70. The SMILES string of the molecule is O/C=C/c1cccc(S)c1. The smallest absolute Gasteiger partial charge is 0.0797 e. The van der Waals surface area contributed by atoms with Crippen LogP contribution in [-0.2, 0) is 0 Å². The van der Waals surface area contributed by atoms with Gasteiger partial charge in [-0.15, -0.1) is 12.6 Å². The third kappa shape index (κ3) is 1.81. The van der Waals surface area contributed by atoms with Crippen LogP contribution in [0.15, 0.2) is 35.4 Å². The molecule has 0 bridgehead atoms. The Bertz CT molecular complexity index is 243. The number of thiol groups is 1. The van der Waals surface area contributed by atoms with Gasteiger partial charge in [-0.1, -0.05) is 12.1 Å². The topological polar surface area (TPSA) is 20.2 Å². The summed E-state index contributed by atoms with van der Waals surface area (Å²) in [6.45, 7) is 0. The van der Waals surface area contributed by atoms with E-state index >= 15 is 0 Å². The number of aliphatic hydroxyl groups excluding tert-OH is 1. The molecule has 0 aliphatic rings. The molecule has 0 aliphatic carbocycles. The highest BCUT2D eigenvalue weighted by Crippen LogP contribution is 2.09. The Morgan fingerprint density at radius 3 is 2.80 bits per heavy atom. The molecule has 0 heterocycles. The van der Waals surface area contributed by atoms with Crippen molar-refractivity contribution in [1.82, 2.24) is 0 Å². The molecule has 0 radical (unpaired) electrons. The number of aliphatic hydroxyl groups is 1. The van der Waals surface area contributed by atoms with Gasteiger partial charge in [-0.25, -0.2) is 0 Å². The monoisotopic (exact) mass is 152 g/mol. The minimum atomic E-state index is 0.899. The van der Waals surface area contributed by atoms with Gasteiger partial charge in [0.05, 0.1) is 6.26 Å². The van der Waals surface area contributed by atoms with E-state index in [1.807, 2.05) is 24.3 Å². The molecule has 0 unspecified atom stereocenters. The lowest BCUT2D eigenvalue weighted by molar-refractivity contribution is 0.478. The highest BCUT2D eigenvalue weighted by atomic mass is 32.1. The second-order valence-corrected chi connectivity index (χ2v) is 2.43. The Morgan fingerprint density at radius 1 is 1.40 bits per heavy atom. The molecule has 0 amide bonds. The molecule has 0 saturated heterocycles. The van der Waals surface area contributed by atoms with Crippen molar-refractivity contribution in [3.63, 3.8) is 0 Å². The van der Waals surface area contributed by atoms with E-state index in [0.717, 1.165) is 16.7 Å². The fourth-order valence-electron chi connectivity index (χ4n) is 0.715. The Kier molecular flexibility index (Phi) is 2.40. The van der Waals surface area contributed by atoms with E-state index in [1.54, 1.807) is 6.08 Å². The van der Waals surface area contributed by atoms with Crippen molar-refractivity contribution in [3.8, 4) is 0 Å². The summed E-state index contributed by atoms with van der Waals surface area (Å²) in [5.74, 6) is 0. The van der Waals surface area contributed by atoms with Gasteiger partial charge in [0.25, 0.3) is 0 Å². The summed E-state index contributed by atoms with van der Waals surface area (Å²) >= 11 is 4.13. The van der Waals surface area contributed by atoms with Crippen molar-refractivity contribution in [3.05, 3.63) is 36.1 Å². The van der Waals surface area contributed by atoms with Gasteiger partial charge in [-0.2, -0.15) is 0 Å². The molecule has 1 aromatic carbocycles. The Balaban J connectivity index is 2.95.